The first-order chi connectivity index (χ1) is 12.5. The second-order valence-electron chi connectivity index (χ2n) is 7.36. The average Bonchev–Trinajstić information content (AvgIpc) is 2.66. The van der Waals surface area contributed by atoms with Crippen LogP contribution < -0.4 is 4.74 Å². The predicted molar refractivity (Wildman–Crippen MR) is 112 cm³/mol. The van der Waals surface area contributed by atoms with Crippen molar-refractivity contribution in [2.75, 3.05) is 6.61 Å². The summed E-state index contributed by atoms with van der Waals surface area (Å²) in [5.41, 5.74) is 0. The number of benzene rings is 1. The summed E-state index contributed by atoms with van der Waals surface area (Å²) in [6.45, 7) is 7.03. The number of rotatable bonds is 14. The fourth-order valence-corrected chi connectivity index (χ4v) is 17.7. The van der Waals surface area contributed by atoms with E-state index in [9.17, 15) is 9.50 Å². The fraction of sp³-hybridized carbons (Fsp3) is 0.636. The van der Waals surface area contributed by atoms with Crippen molar-refractivity contribution in [3.8, 4) is 5.75 Å². The molecule has 0 aliphatic carbocycles. The Hall–Kier alpha value is -0.551. The molecule has 0 unspecified atom stereocenters. The number of hydrogen-bond acceptors (Lipinski definition) is 2. The van der Waals surface area contributed by atoms with E-state index < -0.39 is 24.5 Å². The Morgan fingerprint density at radius 2 is 1.46 bits per heavy atom. The standard InChI is InChI=1S/C10H10FO2.3C4H9.Sn/c1-2-9(12)7-13-10-5-3-8(11)4-6-10;3*1-3-4-2;/h1-6,9,12H,7H2;3*1,3-4H2,2H3;/t9-;;;;/m1..../s1. The van der Waals surface area contributed by atoms with Crippen molar-refractivity contribution in [2.24, 2.45) is 0 Å². The van der Waals surface area contributed by atoms with Gasteiger partial charge in [0.2, 0.25) is 0 Å². The van der Waals surface area contributed by atoms with E-state index in [2.05, 4.69) is 24.9 Å². The minimum absolute atomic E-state index is 0.222. The minimum atomic E-state index is -2.34. The Balaban J connectivity index is 2.69. The van der Waals surface area contributed by atoms with Gasteiger partial charge in [-0.1, -0.05) is 0 Å². The molecule has 0 radical (unpaired) electrons. The summed E-state index contributed by atoms with van der Waals surface area (Å²) in [6.07, 6.45) is 9.10. The van der Waals surface area contributed by atoms with E-state index in [4.69, 9.17) is 4.74 Å². The van der Waals surface area contributed by atoms with Gasteiger partial charge in [-0.2, -0.15) is 0 Å². The molecule has 1 atom stereocenters. The van der Waals surface area contributed by atoms with Crippen LogP contribution in [-0.2, 0) is 0 Å². The zero-order chi connectivity index (χ0) is 19.3. The van der Waals surface area contributed by atoms with Crippen LogP contribution in [0.1, 0.15) is 59.3 Å². The van der Waals surface area contributed by atoms with E-state index in [1.165, 1.54) is 64.0 Å². The fourth-order valence-electron chi connectivity index (χ4n) is 3.29. The third-order valence-electron chi connectivity index (χ3n) is 4.99. The van der Waals surface area contributed by atoms with Crippen molar-refractivity contribution in [3.63, 3.8) is 0 Å². The molecule has 1 rings (SSSR count). The molecule has 0 fully saturated rings. The number of aliphatic hydroxyl groups is 1. The Labute approximate surface area is 163 Å². The predicted octanol–water partition coefficient (Wildman–Crippen LogP) is 6.51. The second-order valence-corrected chi connectivity index (χ2v) is 20.4. The maximum atomic E-state index is 12.9. The molecule has 0 amide bonds. The molecule has 0 saturated carbocycles. The molecule has 0 saturated heterocycles. The number of aliphatic hydroxyl groups excluding tert-OH is 1. The van der Waals surface area contributed by atoms with Gasteiger partial charge < -0.3 is 0 Å². The first kappa shape index (κ1) is 23.5. The number of hydrogen-bond donors (Lipinski definition) is 1. The van der Waals surface area contributed by atoms with Crippen LogP contribution in [0.3, 0.4) is 0 Å². The molecule has 1 N–H and O–H groups in total. The van der Waals surface area contributed by atoms with Gasteiger partial charge in [-0.05, 0) is 0 Å². The molecule has 26 heavy (non-hydrogen) atoms. The van der Waals surface area contributed by atoms with E-state index >= 15 is 0 Å². The van der Waals surface area contributed by atoms with Crippen LogP contribution in [0.5, 0.6) is 5.75 Å². The van der Waals surface area contributed by atoms with Gasteiger partial charge in [0, 0.05) is 0 Å². The van der Waals surface area contributed by atoms with Gasteiger partial charge in [-0.15, -0.1) is 0 Å². The zero-order valence-corrected chi connectivity index (χ0v) is 19.7. The zero-order valence-electron chi connectivity index (χ0n) is 16.8. The Morgan fingerprint density at radius 1 is 0.962 bits per heavy atom. The average molecular weight is 471 g/mol. The molecule has 1 aromatic carbocycles. The van der Waals surface area contributed by atoms with Crippen molar-refractivity contribution in [3.05, 3.63) is 40.3 Å². The summed E-state index contributed by atoms with van der Waals surface area (Å²) in [6, 6.07) is 5.94. The maximum absolute atomic E-state index is 12.9. The van der Waals surface area contributed by atoms with Crippen molar-refractivity contribution in [1.82, 2.24) is 0 Å². The molecule has 2 nitrogen and oxygen atoms in total. The third kappa shape index (κ3) is 9.40. The molecular formula is C22H37FO2Sn. The molecule has 0 aliphatic heterocycles. The quantitative estimate of drug-likeness (QED) is 0.314. The van der Waals surface area contributed by atoms with Crippen molar-refractivity contribution < 1.29 is 14.2 Å². The van der Waals surface area contributed by atoms with E-state index in [-0.39, 0.29) is 12.4 Å². The van der Waals surface area contributed by atoms with E-state index in [1.54, 1.807) is 12.1 Å². The van der Waals surface area contributed by atoms with Crippen molar-refractivity contribution in [2.45, 2.75) is 78.7 Å². The molecule has 1 aromatic rings. The van der Waals surface area contributed by atoms with Crippen LogP contribution in [0.2, 0.25) is 13.3 Å². The molecule has 4 heteroatoms. The van der Waals surface area contributed by atoms with Crippen LogP contribution >= 0.6 is 0 Å². The normalized spacial score (nSPS) is 13.3. The van der Waals surface area contributed by atoms with Gasteiger partial charge in [-0.3, -0.25) is 0 Å². The molecule has 0 spiro atoms. The second kappa shape index (κ2) is 13.6. The van der Waals surface area contributed by atoms with Gasteiger partial charge in [0.25, 0.3) is 0 Å². The Morgan fingerprint density at radius 3 is 1.92 bits per heavy atom. The van der Waals surface area contributed by atoms with Gasteiger partial charge >= 0.3 is 164 Å². The molecule has 148 valence electrons. The topological polar surface area (TPSA) is 29.5 Å². The van der Waals surface area contributed by atoms with Crippen LogP contribution in [0.4, 0.5) is 4.39 Å². The van der Waals surface area contributed by atoms with Gasteiger partial charge in [0.05, 0.1) is 0 Å². The first-order valence-corrected chi connectivity index (χ1v) is 18.0. The van der Waals surface area contributed by atoms with Gasteiger partial charge in [0.1, 0.15) is 0 Å². The summed E-state index contributed by atoms with van der Waals surface area (Å²) in [5, 5.41) is 10.4. The Kier molecular flexibility index (Phi) is 12.3. The number of unbranched alkanes of at least 4 members (excludes halogenated alkanes) is 3. The van der Waals surface area contributed by atoms with E-state index in [0.29, 0.717) is 5.75 Å². The SMILES string of the molecule is CCC[CH2][Sn](/[CH]=C/[C@@H](O)COc1ccc(F)cc1)([CH2]CCC)[CH2]CCC. The third-order valence-corrected chi connectivity index (χ3v) is 19.1. The monoisotopic (exact) mass is 472 g/mol. The summed E-state index contributed by atoms with van der Waals surface area (Å²) >= 11 is -2.34. The molecule has 0 aromatic heterocycles. The summed E-state index contributed by atoms with van der Waals surface area (Å²) < 4.78 is 25.2. The van der Waals surface area contributed by atoms with E-state index in [0.717, 1.165) is 0 Å². The molecular weight excluding hydrogens is 434 g/mol. The molecule has 0 aliphatic rings. The van der Waals surface area contributed by atoms with Crippen LogP contribution in [0.15, 0.2) is 34.4 Å². The van der Waals surface area contributed by atoms with Gasteiger partial charge in [0.15, 0.2) is 0 Å². The summed E-state index contributed by atoms with van der Waals surface area (Å²) in [5.74, 6) is 0.316. The number of ether oxygens (including phenoxy) is 1. The van der Waals surface area contributed by atoms with Crippen LogP contribution in [0, 0.1) is 5.82 Å². The number of halogens is 1. The van der Waals surface area contributed by atoms with Crippen LogP contribution in [-0.4, -0.2) is 36.2 Å². The first-order valence-electron chi connectivity index (χ1n) is 10.3. The van der Waals surface area contributed by atoms with Gasteiger partial charge in [-0.25, -0.2) is 0 Å². The summed E-state index contributed by atoms with van der Waals surface area (Å²) in [4.78, 5) is 0. The van der Waals surface area contributed by atoms with E-state index in [1.807, 2.05) is 6.08 Å². The van der Waals surface area contributed by atoms with Crippen LogP contribution in [0.25, 0.3) is 0 Å². The Bertz CT molecular complexity index is 480. The van der Waals surface area contributed by atoms with Crippen molar-refractivity contribution in [1.29, 1.82) is 0 Å². The summed E-state index contributed by atoms with van der Waals surface area (Å²) in [7, 11) is 0. The van der Waals surface area contributed by atoms with Crippen molar-refractivity contribution >= 4 is 18.4 Å². The molecule has 0 bridgehead atoms. The molecule has 0 heterocycles.